The fourth-order valence-corrected chi connectivity index (χ4v) is 4.05. The van der Waals surface area contributed by atoms with Crippen molar-refractivity contribution in [1.29, 1.82) is 0 Å². The molecule has 0 saturated carbocycles. The first kappa shape index (κ1) is 17.9. The fraction of sp³-hybridized carbons (Fsp3) is 0.476. The van der Waals surface area contributed by atoms with E-state index in [-0.39, 0.29) is 0 Å². The Hall–Kier alpha value is -2.47. The summed E-state index contributed by atoms with van der Waals surface area (Å²) in [5.41, 5.74) is 4.46. The molecule has 0 amide bonds. The van der Waals surface area contributed by atoms with Gasteiger partial charge in [0, 0.05) is 31.7 Å². The van der Waals surface area contributed by atoms with Gasteiger partial charge in [-0.2, -0.15) is 5.10 Å². The standard InChI is InChI=1S/C21H28N6/c1-17-14-20(25(2)23-17)15-26-12-7-6-10-19(26)11-13-27-16-21(22-24-27)18-8-4-3-5-9-18/h3-5,8-9,14,16,19H,6-7,10-13,15H2,1-2H3. The number of aromatic nitrogens is 5. The first-order valence-corrected chi connectivity index (χ1v) is 9.88. The van der Waals surface area contributed by atoms with E-state index in [0.717, 1.165) is 36.5 Å². The van der Waals surface area contributed by atoms with E-state index in [9.17, 15) is 0 Å². The minimum Gasteiger partial charge on any atom is -0.295 e. The molecule has 1 atom stereocenters. The van der Waals surface area contributed by atoms with Gasteiger partial charge in [0.15, 0.2) is 0 Å². The van der Waals surface area contributed by atoms with Gasteiger partial charge in [0.1, 0.15) is 5.69 Å². The summed E-state index contributed by atoms with van der Waals surface area (Å²) in [6.07, 6.45) is 7.03. The molecule has 142 valence electrons. The van der Waals surface area contributed by atoms with Crippen LogP contribution in [0.15, 0.2) is 42.6 Å². The van der Waals surface area contributed by atoms with Crippen molar-refractivity contribution in [3.8, 4) is 11.3 Å². The minimum absolute atomic E-state index is 0.596. The monoisotopic (exact) mass is 364 g/mol. The smallest absolute Gasteiger partial charge is 0.113 e. The molecule has 2 aromatic heterocycles. The Bertz CT molecular complexity index is 866. The molecule has 1 unspecified atom stereocenters. The van der Waals surface area contributed by atoms with E-state index < -0.39 is 0 Å². The third-order valence-corrected chi connectivity index (χ3v) is 5.51. The Labute approximate surface area is 160 Å². The number of nitrogens with zero attached hydrogens (tertiary/aromatic N) is 6. The molecule has 3 heterocycles. The summed E-state index contributed by atoms with van der Waals surface area (Å²) in [7, 11) is 2.04. The number of hydrogen-bond acceptors (Lipinski definition) is 4. The van der Waals surface area contributed by atoms with Crippen LogP contribution in [-0.4, -0.2) is 42.3 Å². The lowest BCUT2D eigenvalue weighted by Crippen LogP contribution is -2.40. The van der Waals surface area contributed by atoms with Crippen LogP contribution in [0.3, 0.4) is 0 Å². The Balaban J connectivity index is 1.39. The first-order chi connectivity index (χ1) is 13.2. The summed E-state index contributed by atoms with van der Waals surface area (Å²) in [6.45, 7) is 5.12. The average molecular weight is 364 g/mol. The van der Waals surface area contributed by atoms with Gasteiger partial charge in [0.25, 0.3) is 0 Å². The number of benzene rings is 1. The van der Waals surface area contributed by atoms with Crippen molar-refractivity contribution in [2.45, 2.75) is 51.7 Å². The lowest BCUT2D eigenvalue weighted by Gasteiger charge is -2.35. The molecule has 3 aromatic rings. The molecule has 0 aliphatic carbocycles. The molecule has 4 rings (SSSR count). The molecule has 1 aromatic carbocycles. The molecule has 0 spiro atoms. The second kappa shape index (κ2) is 8.05. The number of piperidine rings is 1. The lowest BCUT2D eigenvalue weighted by atomic mass is 9.99. The van der Waals surface area contributed by atoms with Gasteiger partial charge in [-0.1, -0.05) is 42.0 Å². The van der Waals surface area contributed by atoms with E-state index in [1.807, 2.05) is 34.6 Å². The maximum Gasteiger partial charge on any atom is 0.113 e. The Kier molecular flexibility index (Phi) is 5.34. The van der Waals surface area contributed by atoms with Crippen LogP contribution in [0.25, 0.3) is 11.3 Å². The van der Waals surface area contributed by atoms with Crippen LogP contribution in [0.4, 0.5) is 0 Å². The van der Waals surface area contributed by atoms with Crippen molar-refractivity contribution in [3.05, 3.63) is 54.0 Å². The molecule has 0 N–H and O–H groups in total. The third-order valence-electron chi connectivity index (χ3n) is 5.51. The predicted molar refractivity (Wildman–Crippen MR) is 106 cm³/mol. The van der Waals surface area contributed by atoms with E-state index in [4.69, 9.17) is 0 Å². The minimum atomic E-state index is 0.596. The summed E-state index contributed by atoms with van der Waals surface area (Å²) >= 11 is 0. The van der Waals surface area contributed by atoms with Gasteiger partial charge in [0.05, 0.1) is 17.6 Å². The van der Waals surface area contributed by atoms with Gasteiger partial charge >= 0.3 is 0 Å². The molecule has 1 aliphatic rings. The van der Waals surface area contributed by atoms with Crippen molar-refractivity contribution < 1.29 is 0 Å². The molecule has 0 radical (unpaired) electrons. The normalized spacial score (nSPS) is 18.1. The van der Waals surface area contributed by atoms with Gasteiger partial charge in [-0.15, -0.1) is 5.10 Å². The molecular formula is C21H28N6. The van der Waals surface area contributed by atoms with Crippen molar-refractivity contribution >= 4 is 0 Å². The van der Waals surface area contributed by atoms with Crippen LogP contribution in [0.5, 0.6) is 0 Å². The van der Waals surface area contributed by atoms with Crippen LogP contribution in [0.2, 0.25) is 0 Å². The topological polar surface area (TPSA) is 51.8 Å². The fourth-order valence-electron chi connectivity index (χ4n) is 4.05. The molecule has 6 heteroatoms. The summed E-state index contributed by atoms with van der Waals surface area (Å²) in [5.74, 6) is 0. The molecule has 27 heavy (non-hydrogen) atoms. The van der Waals surface area contributed by atoms with E-state index in [1.165, 1.54) is 31.5 Å². The number of aryl methyl sites for hydroxylation is 3. The summed E-state index contributed by atoms with van der Waals surface area (Å²) < 4.78 is 4.01. The first-order valence-electron chi connectivity index (χ1n) is 9.88. The van der Waals surface area contributed by atoms with Crippen LogP contribution < -0.4 is 0 Å². The highest BCUT2D eigenvalue weighted by Gasteiger charge is 2.23. The summed E-state index contributed by atoms with van der Waals surface area (Å²) in [5, 5.41) is 13.2. The van der Waals surface area contributed by atoms with Crippen LogP contribution in [-0.2, 0) is 20.1 Å². The predicted octanol–water partition coefficient (Wildman–Crippen LogP) is 3.43. The van der Waals surface area contributed by atoms with E-state index in [1.54, 1.807) is 0 Å². The number of likely N-dealkylation sites (tertiary alicyclic amines) is 1. The van der Waals surface area contributed by atoms with E-state index in [0.29, 0.717) is 6.04 Å². The molecule has 1 saturated heterocycles. The van der Waals surface area contributed by atoms with Crippen LogP contribution in [0, 0.1) is 6.92 Å². The highest BCUT2D eigenvalue weighted by molar-refractivity contribution is 5.57. The quantitative estimate of drug-likeness (QED) is 0.672. The van der Waals surface area contributed by atoms with Crippen LogP contribution >= 0.6 is 0 Å². The van der Waals surface area contributed by atoms with Crippen LogP contribution in [0.1, 0.15) is 37.1 Å². The van der Waals surface area contributed by atoms with Gasteiger partial charge in [-0.3, -0.25) is 14.3 Å². The lowest BCUT2D eigenvalue weighted by molar-refractivity contribution is 0.124. The Morgan fingerprint density at radius 3 is 2.78 bits per heavy atom. The molecule has 6 nitrogen and oxygen atoms in total. The van der Waals surface area contributed by atoms with Gasteiger partial charge < -0.3 is 0 Å². The zero-order valence-corrected chi connectivity index (χ0v) is 16.3. The second-order valence-corrected chi connectivity index (χ2v) is 7.54. The SMILES string of the molecule is Cc1cc(CN2CCCCC2CCn2cc(-c3ccccc3)nn2)n(C)n1. The van der Waals surface area contributed by atoms with Crippen molar-refractivity contribution in [2.24, 2.45) is 7.05 Å². The second-order valence-electron chi connectivity index (χ2n) is 7.54. The third kappa shape index (κ3) is 4.27. The van der Waals surface area contributed by atoms with Gasteiger partial charge in [-0.25, -0.2) is 0 Å². The largest absolute Gasteiger partial charge is 0.295 e. The van der Waals surface area contributed by atoms with Crippen molar-refractivity contribution in [2.75, 3.05) is 6.54 Å². The van der Waals surface area contributed by atoms with E-state index >= 15 is 0 Å². The molecule has 0 bridgehead atoms. The van der Waals surface area contributed by atoms with Gasteiger partial charge in [-0.05, 0) is 38.8 Å². The number of rotatable bonds is 6. The van der Waals surface area contributed by atoms with Crippen molar-refractivity contribution in [1.82, 2.24) is 29.7 Å². The van der Waals surface area contributed by atoms with E-state index in [2.05, 4.69) is 51.6 Å². The average Bonchev–Trinajstić information content (AvgIpc) is 3.28. The molecule has 1 fully saturated rings. The summed E-state index contributed by atoms with van der Waals surface area (Å²) in [4.78, 5) is 2.62. The maximum atomic E-state index is 4.49. The highest BCUT2D eigenvalue weighted by Crippen LogP contribution is 2.23. The number of hydrogen-bond donors (Lipinski definition) is 0. The maximum absolute atomic E-state index is 4.49. The summed E-state index contributed by atoms with van der Waals surface area (Å²) in [6, 6.07) is 13.0. The highest BCUT2D eigenvalue weighted by atomic mass is 15.4. The molecule has 1 aliphatic heterocycles. The Morgan fingerprint density at radius 1 is 1.15 bits per heavy atom. The zero-order chi connectivity index (χ0) is 18.6. The Morgan fingerprint density at radius 2 is 2.00 bits per heavy atom. The van der Waals surface area contributed by atoms with Gasteiger partial charge in [0.2, 0.25) is 0 Å². The molecular weight excluding hydrogens is 336 g/mol. The van der Waals surface area contributed by atoms with Crippen molar-refractivity contribution in [3.63, 3.8) is 0 Å². The zero-order valence-electron chi connectivity index (χ0n) is 16.3.